The third-order valence-electron chi connectivity index (χ3n) is 3.33. The number of ether oxygens (including phenoxy) is 1. The number of rotatable bonds is 3. The Balaban J connectivity index is 2.43. The number of hydrogen-bond acceptors (Lipinski definition) is 3. The van der Waals surface area contributed by atoms with Gasteiger partial charge in [-0.2, -0.15) is 0 Å². The number of aromatic nitrogens is 1. The molecular formula is C13H17NO4. The fourth-order valence-electron chi connectivity index (χ4n) is 2.41. The molecule has 1 aromatic rings. The first-order valence-corrected chi connectivity index (χ1v) is 6.06. The maximum Gasteiger partial charge on any atom is 0.341 e. The third kappa shape index (κ3) is 2.31. The molecule has 2 heterocycles. The van der Waals surface area contributed by atoms with E-state index < -0.39 is 11.5 Å². The Bertz CT molecular complexity index is 527. The van der Waals surface area contributed by atoms with Gasteiger partial charge in [0.25, 0.3) is 5.56 Å². The van der Waals surface area contributed by atoms with Gasteiger partial charge in [-0.1, -0.05) is 0 Å². The summed E-state index contributed by atoms with van der Waals surface area (Å²) in [5.74, 6) is -1.17. The Hall–Kier alpha value is -1.62. The quantitative estimate of drug-likeness (QED) is 0.880. The Kier molecular flexibility index (Phi) is 3.52. The number of carboxylic acid groups (broad SMARTS) is 1. The lowest BCUT2D eigenvalue weighted by atomic mass is 10.1. The van der Waals surface area contributed by atoms with E-state index >= 15 is 0 Å². The molecule has 1 aliphatic heterocycles. The minimum atomic E-state index is -1.17. The van der Waals surface area contributed by atoms with Crippen molar-refractivity contribution in [3.8, 4) is 0 Å². The molecule has 5 nitrogen and oxygen atoms in total. The van der Waals surface area contributed by atoms with E-state index in [2.05, 4.69) is 0 Å². The second-order valence-corrected chi connectivity index (χ2v) is 4.70. The first kappa shape index (κ1) is 12.8. The summed E-state index contributed by atoms with van der Waals surface area (Å²) in [5, 5.41) is 9.08. The molecule has 18 heavy (non-hydrogen) atoms. The fraction of sp³-hybridized carbons (Fsp3) is 0.538. The van der Waals surface area contributed by atoms with Crippen molar-refractivity contribution in [3.63, 3.8) is 0 Å². The van der Waals surface area contributed by atoms with E-state index in [9.17, 15) is 9.59 Å². The van der Waals surface area contributed by atoms with Crippen molar-refractivity contribution in [2.75, 3.05) is 6.61 Å². The molecule has 1 saturated heterocycles. The van der Waals surface area contributed by atoms with E-state index in [1.54, 1.807) is 13.0 Å². The second kappa shape index (κ2) is 4.94. The van der Waals surface area contributed by atoms with Crippen molar-refractivity contribution >= 4 is 5.97 Å². The van der Waals surface area contributed by atoms with Gasteiger partial charge in [0.2, 0.25) is 0 Å². The Morgan fingerprint density at radius 3 is 2.83 bits per heavy atom. The molecule has 0 saturated carbocycles. The van der Waals surface area contributed by atoms with Crippen LogP contribution in [0.3, 0.4) is 0 Å². The first-order valence-electron chi connectivity index (χ1n) is 6.06. The summed E-state index contributed by atoms with van der Waals surface area (Å²) in [6, 6.07) is 1.74. The molecule has 1 unspecified atom stereocenters. The molecule has 0 amide bonds. The third-order valence-corrected chi connectivity index (χ3v) is 3.33. The fourth-order valence-corrected chi connectivity index (χ4v) is 2.41. The summed E-state index contributed by atoms with van der Waals surface area (Å²) in [6.07, 6.45) is 1.93. The maximum absolute atomic E-state index is 12.2. The predicted octanol–water partition coefficient (Wildman–Crippen LogP) is 1.34. The molecule has 98 valence electrons. The lowest BCUT2D eigenvalue weighted by Crippen LogP contribution is -2.32. The first-order chi connectivity index (χ1) is 8.50. The molecule has 1 fully saturated rings. The van der Waals surface area contributed by atoms with Crippen LogP contribution in [0, 0.1) is 13.8 Å². The highest BCUT2D eigenvalue weighted by molar-refractivity contribution is 5.88. The van der Waals surface area contributed by atoms with Crippen LogP contribution in [-0.2, 0) is 11.3 Å². The highest BCUT2D eigenvalue weighted by atomic mass is 16.5. The predicted molar refractivity (Wildman–Crippen MR) is 66.1 cm³/mol. The molecule has 0 radical (unpaired) electrons. The molecule has 0 aromatic carbocycles. The molecule has 0 spiro atoms. The number of hydrogen-bond donors (Lipinski definition) is 1. The van der Waals surface area contributed by atoms with Crippen LogP contribution >= 0.6 is 0 Å². The molecule has 1 atom stereocenters. The van der Waals surface area contributed by atoms with Crippen LogP contribution in [-0.4, -0.2) is 28.4 Å². The monoisotopic (exact) mass is 251 g/mol. The van der Waals surface area contributed by atoms with Crippen LogP contribution in [0.2, 0.25) is 0 Å². The standard InChI is InChI=1S/C13H17NO4/c1-8-6-9(2)14(7-10-4-3-5-18-10)12(15)11(8)13(16)17/h6,10H,3-5,7H2,1-2H3,(H,16,17). The average Bonchev–Trinajstić information content (AvgIpc) is 2.75. The van der Waals surface area contributed by atoms with Gasteiger partial charge in [-0.3, -0.25) is 4.79 Å². The smallest absolute Gasteiger partial charge is 0.341 e. The summed E-state index contributed by atoms with van der Waals surface area (Å²) >= 11 is 0. The van der Waals surface area contributed by atoms with Gasteiger partial charge in [-0.05, 0) is 38.3 Å². The van der Waals surface area contributed by atoms with E-state index in [1.807, 2.05) is 6.92 Å². The number of aromatic carboxylic acids is 1. The summed E-state index contributed by atoms with van der Waals surface area (Å²) < 4.78 is 7.00. The lowest BCUT2D eigenvalue weighted by molar-refractivity contribution is 0.0690. The summed E-state index contributed by atoms with van der Waals surface area (Å²) in [5.41, 5.74) is 0.709. The summed E-state index contributed by atoms with van der Waals surface area (Å²) in [6.45, 7) is 4.62. The van der Waals surface area contributed by atoms with Crippen LogP contribution in [0.4, 0.5) is 0 Å². The van der Waals surface area contributed by atoms with Crippen LogP contribution in [0.1, 0.15) is 34.5 Å². The molecule has 0 aliphatic carbocycles. The lowest BCUT2D eigenvalue weighted by Gasteiger charge is -2.16. The zero-order valence-corrected chi connectivity index (χ0v) is 10.6. The van der Waals surface area contributed by atoms with E-state index in [-0.39, 0.29) is 11.7 Å². The van der Waals surface area contributed by atoms with Crippen molar-refractivity contribution in [2.24, 2.45) is 0 Å². The van der Waals surface area contributed by atoms with Gasteiger partial charge in [-0.15, -0.1) is 0 Å². The minimum absolute atomic E-state index is 0.0192. The number of pyridine rings is 1. The molecule has 1 N–H and O–H groups in total. The molecule has 1 aromatic heterocycles. The molecule has 2 rings (SSSR count). The van der Waals surface area contributed by atoms with Crippen molar-refractivity contribution < 1.29 is 14.6 Å². The minimum Gasteiger partial charge on any atom is -0.477 e. The SMILES string of the molecule is Cc1cc(C)n(CC2CCCO2)c(=O)c1C(=O)O. The average molecular weight is 251 g/mol. The number of aryl methyl sites for hydroxylation is 2. The molecule has 5 heteroatoms. The Morgan fingerprint density at radius 1 is 1.56 bits per heavy atom. The van der Waals surface area contributed by atoms with Crippen LogP contribution in [0.25, 0.3) is 0 Å². The molecule has 0 bridgehead atoms. The number of carbonyl (C=O) groups is 1. The summed E-state index contributed by atoms with van der Waals surface area (Å²) in [7, 11) is 0. The van der Waals surface area contributed by atoms with E-state index in [0.717, 1.165) is 25.1 Å². The van der Waals surface area contributed by atoms with Gasteiger partial charge < -0.3 is 14.4 Å². The van der Waals surface area contributed by atoms with Crippen molar-refractivity contribution in [1.82, 2.24) is 4.57 Å². The van der Waals surface area contributed by atoms with Crippen LogP contribution in [0.5, 0.6) is 0 Å². The van der Waals surface area contributed by atoms with Crippen LogP contribution < -0.4 is 5.56 Å². The number of nitrogens with zero attached hydrogens (tertiary/aromatic N) is 1. The normalized spacial score (nSPS) is 19.1. The van der Waals surface area contributed by atoms with Gasteiger partial charge in [0.05, 0.1) is 12.6 Å². The maximum atomic E-state index is 12.2. The largest absolute Gasteiger partial charge is 0.477 e. The topological polar surface area (TPSA) is 68.5 Å². The highest BCUT2D eigenvalue weighted by Gasteiger charge is 2.21. The van der Waals surface area contributed by atoms with Crippen molar-refractivity contribution in [3.05, 3.63) is 33.2 Å². The number of carboxylic acids is 1. The van der Waals surface area contributed by atoms with Gasteiger partial charge in [0, 0.05) is 12.3 Å². The van der Waals surface area contributed by atoms with Gasteiger partial charge in [0.1, 0.15) is 5.56 Å². The van der Waals surface area contributed by atoms with E-state index in [0.29, 0.717) is 12.1 Å². The Morgan fingerprint density at radius 2 is 2.28 bits per heavy atom. The zero-order chi connectivity index (χ0) is 13.3. The van der Waals surface area contributed by atoms with Gasteiger partial charge in [0.15, 0.2) is 0 Å². The zero-order valence-electron chi connectivity index (χ0n) is 10.6. The second-order valence-electron chi connectivity index (χ2n) is 4.70. The van der Waals surface area contributed by atoms with E-state index in [4.69, 9.17) is 9.84 Å². The van der Waals surface area contributed by atoms with Crippen molar-refractivity contribution in [2.45, 2.75) is 39.3 Å². The van der Waals surface area contributed by atoms with Gasteiger partial charge in [-0.25, -0.2) is 4.79 Å². The summed E-state index contributed by atoms with van der Waals surface area (Å²) in [4.78, 5) is 23.3. The van der Waals surface area contributed by atoms with Gasteiger partial charge >= 0.3 is 5.97 Å². The highest BCUT2D eigenvalue weighted by Crippen LogP contribution is 2.15. The van der Waals surface area contributed by atoms with Crippen LogP contribution in [0.15, 0.2) is 10.9 Å². The van der Waals surface area contributed by atoms with E-state index in [1.165, 1.54) is 4.57 Å². The molecule has 1 aliphatic rings. The Labute approximate surface area is 105 Å². The van der Waals surface area contributed by atoms with Crippen molar-refractivity contribution in [1.29, 1.82) is 0 Å². The molecular weight excluding hydrogens is 234 g/mol.